The molecule has 2 rings (SSSR count). The molecule has 0 bridgehead atoms. The van der Waals surface area contributed by atoms with Crippen molar-refractivity contribution in [2.75, 3.05) is 4.90 Å². The number of anilines is 1. The second kappa shape index (κ2) is 5.74. The first-order valence-electron chi connectivity index (χ1n) is 7.56. The minimum absolute atomic E-state index is 0.240. The lowest BCUT2D eigenvalue weighted by atomic mass is 9.77. The minimum atomic E-state index is -0.922. The summed E-state index contributed by atoms with van der Waals surface area (Å²) in [6, 6.07) is 2.93. The fourth-order valence-electron chi connectivity index (χ4n) is 2.98. The zero-order valence-electron chi connectivity index (χ0n) is 14.3. The first-order chi connectivity index (χ1) is 10.4. The maximum atomic E-state index is 14.1. The smallest absolute Gasteiger partial charge is 0.415 e. The molecule has 2 unspecified atom stereocenters. The van der Waals surface area contributed by atoms with E-state index in [1.165, 1.54) is 11.0 Å². The summed E-state index contributed by atoms with van der Waals surface area (Å²) in [4.78, 5) is 14.1. The summed E-state index contributed by atoms with van der Waals surface area (Å²) < 4.78 is 19.8. The molecule has 0 radical (unpaired) electrons. The van der Waals surface area contributed by atoms with E-state index in [2.05, 4.69) is 15.9 Å². The number of nitrogens with zero attached hydrogens (tertiary/aromatic N) is 1. The van der Waals surface area contributed by atoms with Gasteiger partial charge in [-0.2, -0.15) is 0 Å². The minimum Gasteiger partial charge on any atom is -0.443 e. The highest BCUT2D eigenvalue weighted by Crippen LogP contribution is 2.45. The molecule has 1 heterocycles. The molecule has 0 aromatic heterocycles. The number of carbonyl (C=O) groups excluding carboxylic acids is 1. The van der Waals surface area contributed by atoms with Crippen LogP contribution < -0.4 is 4.90 Å². The van der Waals surface area contributed by atoms with Crippen LogP contribution in [0.5, 0.6) is 0 Å². The van der Waals surface area contributed by atoms with Crippen molar-refractivity contribution >= 4 is 27.7 Å². The average Bonchev–Trinajstić information content (AvgIpc) is 2.37. The highest BCUT2D eigenvalue weighted by molar-refractivity contribution is 9.10. The number of benzene rings is 1. The summed E-state index contributed by atoms with van der Waals surface area (Å²) in [5, 5.41) is 10.7. The number of rotatable bonds is 0. The molecule has 0 spiro atoms. The average molecular weight is 388 g/mol. The van der Waals surface area contributed by atoms with Crippen LogP contribution in [0.1, 0.15) is 53.0 Å². The molecule has 1 aromatic carbocycles. The summed E-state index contributed by atoms with van der Waals surface area (Å²) >= 11 is 3.16. The Balaban J connectivity index is 2.62. The van der Waals surface area contributed by atoms with Gasteiger partial charge in [0, 0.05) is 5.92 Å². The van der Waals surface area contributed by atoms with E-state index in [0.29, 0.717) is 15.7 Å². The van der Waals surface area contributed by atoms with E-state index in [-0.39, 0.29) is 5.92 Å². The summed E-state index contributed by atoms with van der Waals surface area (Å²) in [7, 11) is 0. The molecule has 4 nitrogen and oxygen atoms in total. The van der Waals surface area contributed by atoms with Crippen molar-refractivity contribution < 1.29 is 19.0 Å². The van der Waals surface area contributed by atoms with E-state index in [0.717, 1.165) is 0 Å². The highest BCUT2D eigenvalue weighted by atomic mass is 79.9. The van der Waals surface area contributed by atoms with Crippen molar-refractivity contribution in [1.82, 2.24) is 0 Å². The first-order valence-corrected chi connectivity index (χ1v) is 8.36. The van der Waals surface area contributed by atoms with Crippen LogP contribution in [0.15, 0.2) is 16.6 Å². The van der Waals surface area contributed by atoms with Gasteiger partial charge in [-0.15, -0.1) is 0 Å². The normalized spacial score (nSPS) is 23.4. The molecule has 23 heavy (non-hydrogen) atoms. The van der Waals surface area contributed by atoms with Crippen molar-refractivity contribution in [1.29, 1.82) is 0 Å². The fourth-order valence-corrected chi connectivity index (χ4v) is 3.34. The number of carbonyl (C=O) groups is 1. The summed E-state index contributed by atoms with van der Waals surface area (Å²) in [5.74, 6) is -0.702. The molecule has 1 amide bonds. The third kappa shape index (κ3) is 3.24. The molecule has 1 aliphatic rings. The lowest BCUT2D eigenvalue weighted by Gasteiger charge is -2.49. The maximum absolute atomic E-state index is 14.1. The molecule has 1 aliphatic heterocycles. The van der Waals surface area contributed by atoms with Crippen molar-refractivity contribution in [3.8, 4) is 0 Å². The van der Waals surface area contributed by atoms with Crippen molar-refractivity contribution in [2.45, 2.75) is 64.7 Å². The standard InChI is InChI=1S/C17H23BrFNO3/c1-9-10-7-11(18)12(19)8-13(10)20(17(5,6)14(9)21)15(22)23-16(2,3)4/h7-9,14,21H,1-6H3. The Morgan fingerprint density at radius 1 is 1.39 bits per heavy atom. The summed E-state index contributed by atoms with van der Waals surface area (Å²) in [6.07, 6.45) is -1.41. The van der Waals surface area contributed by atoms with Gasteiger partial charge in [-0.1, -0.05) is 6.92 Å². The van der Waals surface area contributed by atoms with Crippen LogP contribution in [-0.2, 0) is 4.74 Å². The van der Waals surface area contributed by atoms with Gasteiger partial charge in [-0.3, -0.25) is 4.90 Å². The van der Waals surface area contributed by atoms with E-state index in [9.17, 15) is 14.3 Å². The van der Waals surface area contributed by atoms with Crippen molar-refractivity contribution in [3.63, 3.8) is 0 Å². The molecule has 6 heteroatoms. The first kappa shape index (κ1) is 18.2. The molecule has 1 aromatic rings. The number of halogens is 2. The van der Waals surface area contributed by atoms with Crippen LogP contribution in [0.3, 0.4) is 0 Å². The molecule has 2 atom stereocenters. The number of hydrogen-bond donors (Lipinski definition) is 1. The zero-order chi connectivity index (χ0) is 17.7. The number of ether oxygens (including phenoxy) is 1. The highest BCUT2D eigenvalue weighted by Gasteiger charge is 2.48. The lowest BCUT2D eigenvalue weighted by Crippen LogP contribution is -2.60. The zero-order valence-corrected chi connectivity index (χ0v) is 15.9. The fraction of sp³-hybridized carbons (Fsp3) is 0.588. The van der Waals surface area contributed by atoms with Gasteiger partial charge in [0.25, 0.3) is 0 Å². The second-order valence-corrected chi connectivity index (χ2v) is 8.38. The molecule has 1 N–H and O–H groups in total. The molecular weight excluding hydrogens is 365 g/mol. The molecule has 0 saturated heterocycles. The van der Waals surface area contributed by atoms with E-state index in [4.69, 9.17) is 4.74 Å². The van der Waals surface area contributed by atoms with Crippen LogP contribution in [-0.4, -0.2) is 28.4 Å². The largest absolute Gasteiger partial charge is 0.443 e. The Bertz CT molecular complexity index is 639. The van der Waals surface area contributed by atoms with Crippen molar-refractivity contribution in [2.24, 2.45) is 0 Å². The van der Waals surface area contributed by atoms with Gasteiger partial charge in [0.15, 0.2) is 0 Å². The number of fused-ring (bicyclic) bond motifs is 1. The van der Waals surface area contributed by atoms with Crippen molar-refractivity contribution in [3.05, 3.63) is 28.0 Å². The van der Waals surface area contributed by atoms with Gasteiger partial charge >= 0.3 is 6.09 Å². The maximum Gasteiger partial charge on any atom is 0.415 e. The van der Waals surface area contributed by atoms with Gasteiger partial charge in [0.1, 0.15) is 11.4 Å². The van der Waals surface area contributed by atoms with Gasteiger partial charge in [-0.25, -0.2) is 9.18 Å². The quantitative estimate of drug-likeness (QED) is 0.708. The van der Waals surface area contributed by atoms with Gasteiger partial charge in [-0.05, 0) is 68.2 Å². The Kier molecular flexibility index (Phi) is 4.54. The monoisotopic (exact) mass is 387 g/mol. The molecule has 0 aliphatic carbocycles. The Morgan fingerprint density at radius 2 is 1.96 bits per heavy atom. The van der Waals surface area contributed by atoms with Crippen LogP contribution in [0.2, 0.25) is 0 Å². The van der Waals surface area contributed by atoms with Crippen LogP contribution in [0, 0.1) is 5.82 Å². The number of hydrogen-bond acceptors (Lipinski definition) is 3. The number of aliphatic hydroxyl groups excluding tert-OH is 1. The molecule has 128 valence electrons. The molecule has 0 fully saturated rings. The third-order valence-corrected chi connectivity index (χ3v) is 4.76. The number of aliphatic hydroxyl groups is 1. The predicted octanol–water partition coefficient (Wildman–Crippen LogP) is 4.59. The summed E-state index contributed by atoms with van der Waals surface area (Å²) in [5.41, 5.74) is -0.469. The van der Waals surface area contributed by atoms with E-state index in [1.54, 1.807) is 40.7 Å². The van der Waals surface area contributed by atoms with E-state index < -0.39 is 29.2 Å². The second-order valence-electron chi connectivity index (χ2n) is 7.53. The third-order valence-electron chi connectivity index (χ3n) is 4.15. The lowest BCUT2D eigenvalue weighted by molar-refractivity contribution is 0.0338. The molecule has 0 saturated carbocycles. The topological polar surface area (TPSA) is 49.8 Å². The van der Waals surface area contributed by atoms with Crippen LogP contribution >= 0.6 is 15.9 Å². The molecular formula is C17H23BrFNO3. The van der Waals surface area contributed by atoms with E-state index >= 15 is 0 Å². The Labute approximate surface area is 144 Å². The van der Waals surface area contributed by atoms with Gasteiger partial charge < -0.3 is 9.84 Å². The van der Waals surface area contributed by atoms with Crippen LogP contribution in [0.4, 0.5) is 14.9 Å². The SMILES string of the molecule is CC1c2cc(Br)c(F)cc2N(C(=O)OC(C)(C)C)C(C)(C)C1O. The Morgan fingerprint density at radius 3 is 2.48 bits per heavy atom. The number of amides is 1. The van der Waals surface area contributed by atoms with Crippen LogP contribution in [0.25, 0.3) is 0 Å². The summed E-state index contributed by atoms with van der Waals surface area (Å²) in [6.45, 7) is 10.7. The Hall–Kier alpha value is -1.14. The van der Waals surface area contributed by atoms with Gasteiger partial charge in [0.05, 0.1) is 21.8 Å². The predicted molar refractivity (Wildman–Crippen MR) is 91.3 cm³/mol. The van der Waals surface area contributed by atoms with E-state index in [1.807, 2.05) is 6.92 Å². The van der Waals surface area contributed by atoms with Gasteiger partial charge in [0.2, 0.25) is 0 Å².